The van der Waals surface area contributed by atoms with Gasteiger partial charge >= 0.3 is 5.97 Å². The van der Waals surface area contributed by atoms with E-state index in [4.69, 9.17) is 4.74 Å². The third kappa shape index (κ3) is 3.07. The molecule has 8 atom stereocenters. The number of allylic oxidation sites excluding steroid dienone is 4. The predicted molar refractivity (Wildman–Crippen MR) is 114 cm³/mol. The van der Waals surface area contributed by atoms with Gasteiger partial charge in [-0.15, -0.1) is 0 Å². The lowest BCUT2D eigenvalue weighted by Crippen LogP contribution is -2.63. The molecule has 0 heterocycles. The zero-order valence-electron chi connectivity index (χ0n) is 19.0. The summed E-state index contributed by atoms with van der Waals surface area (Å²) < 4.78 is 21.3. The fourth-order valence-corrected chi connectivity index (χ4v) is 7.58. The van der Waals surface area contributed by atoms with Crippen molar-refractivity contribution < 1.29 is 33.7 Å². The summed E-state index contributed by atoms with van der Waals surface area (Å²) in [4.78, 5) is 37.5. The fourth-order valence-electron chi connectivity index (χ4n) is 7.58. The number of halogens is 1. The van der Waals surface area contributed by atoms with E-state index in [9.17, 15) is 24.6 Å². The van der Waals surface area contributed by atoms with Crippen LogP contribution in [0.3, 0.4) is 0 Å². The summed E-state index contributed by atoms with van der Waals surface area (Å²) in [6.07, 6.45) is 4.20. The Kier molecular flexibility index (Phi) is 5.73. The van der Waals surface area contributed by atoms with Gasteiger partial charge in [-0.05, 0) is 61.7 Å². The SMILES string of the molecule is CCCC(=O)O[C@]1(C(=O)CO)CC[C@H]2[C@@H]3C[C@H](F)C4=CC(=O)C=C[C@]4(C)[C@H]3C(O)C[C@@]21C. The summed E-state index contributed by atoms with van der Waals surface area (Å²) >= 11 is 0. The first kappa shape index (κ1) is 23.3. The number of aliphatic hydroxyl groups excluding tert-OH is 2. The number of aliphatic hydroxyl groups is 2. The molecular formula is C25H33FO6. The van der Waals surface area contributed by atoms with E-state index in [-0.39, 0.29) is 49.2 Å². The van der Waals surface area contributed by atoms with Crippen molar-refractivity contribution in [2.75, 3.05) is 6.61 Å². The van der Waals surface area contributed by atoms with Crippen molar-refractivity contribution in [3.8, 4) is 0 Å². The van der Waals surface area contributed by atoms with Gasteiger partial charge in [0.15, 0.2) is 11.4 Å². The van der Waals surface area contributed by atoms with E-state index < -0.39 is 47.1 Å². The van der Waals surface area contributed by atoms with Gasteiger partial charge < -0.3 is 14.9 Å². The second-order valence-corrected chi connectivity index (χ2v) is 10.5. The maximum Gasteiger partial charge on any atom is 0.306 e. The van der Waals surface area contributed by atoms with Gasteiger partial charge in [-0.25, -0.2) is 4.39 Å². The number of carbonyl (C=O) groups excluding carboxylic acids is 3. The van der Waals surface area contributed by atoms with Crippen LogP contribution in [0.5, 0.6) is 0 Å². The van der Waals surface area contributed by atoms with Crippen molar-refractivity contribution in [1.82, 2.24) is 0 Å². The Morgan fingerprint density at radius 1 is 1.31 bits per heavy atom. The number of ketones is 2. The molecule has 0 saturated heterocycles. The molecule has 4 rings (SSSR count). The zero-order chi connectivity index (χ0) is 23.5. The first-order valence-electron chi connectivity index (χ1n) is 11.7. The van der Waals surface area contributed by atoms with Gasteiger partial charge in [-0.3, -0.25) is 14.4 Å². The number of rotatable bonds is 5. The minimum atomic E-state index is -1.52. The topological polar surface area (TPSA) is 101 Å². The molecule has 7 heteroatoms. The molecule has 4 aliphatic carbocycles. The first-order valence-corrected chi connectivity index (χ1v) is 11.7. The lowest BCUT2D eigenvalue weighted by atomic mass is 9.46. The van der Waals surface area contributed by atoms with Crippen LogP contribution in [0.4, 0.5) is 4.39 Å². The highest BCUT2D eigenvalue weighted by Crippen LogP contribution is 2.68. The monoisotopic (exact) mass is 448 g/mol. The van der Waals surface area contributed by atoms with Crippen LogP contribution in [0.1, 0.15) is 59.3 Å². The molecule has 0 bridgehead atoms. The van der Waals surface area contributed by atoms with Crippen LogP contribution in [-0.4, -0.2) is 52.2 Å². The summed E-state index contributed by atoms with van der Waals surface area (Å²) in [5.74, 6) is -2.02. The van der Waals surface area contributed by atoms with E-state index in [0.717, 1.165) is 0 Å². The smallest absolute Gasteiger partial charge is 0.306 e. The molecule has 0 aromatic carbocycles. The van der Waals surface area contributed by atoms with Gasteiger partial charge in [0, 0.05) is 23.2 Å². The Morgan fingerprint density at radius 2 is 2.03 bits per heavy atom. The summed E-state index contributed by atoms with van der Waals surface area (Å²) in [5, 5.41) is 21.2. The summed E-state index contributed by atoms with van der Waals surface area (Å²) in [6, 6.07) is 0. The standard InChI is InChI=1S/C25H33FO6/c1-4-5-21(31)32-25(20(30)13-27)9-7-16-15-11-18(26)17-10-14(28)6-8-23(17,2)22(15)19(29)12-24(16,25)3/h6,8,10,15-16,18-19,22,27,29H,4-5,7,9,11-13H2,1-3H3/t15-,16-,18-,19?,22+,23-,24-,25-/m0/s1. The Balaban J connectivity index is 1.76. The highest BCUT2D eigenvalue weighted by molar-refractivity contribution is 6.01. The average molecular weight is 449 g/mol. The molecule has 3 saturated carbocycles. The zero-order valence-corrected chi connectivity index (χ0v) is 19.0. The third-order valence-electron chi connectivity index (χ3n) is 8.93. The van der Waals surface area contributed by atoms with Crippen LogP contribution in [-0.2, 0) is 19.1 Å². The van der Waals surface area contributed by atoms with Crippen molar-refractivity contribution in [2.24, 2.45) is 28.6 Å². The molecule has 2 N–H and O–H groups in total. The van der Waals surface area contributed by atoms with E-state index in [1.165, 1.54) is 12.2 Å². The van der Waals surface area contributed by atoms with Crippen LogP contribution in [0.15, 0.2) is 23.8 Å². The van der Waals surface area contributed by atoms with Gasteiger partial charge in [0.2, 0.25) is 5.78 Å². The molecule has 4 aliphatic rings. The second kappa shape index (κ2) is 7.87. The van der Waals surface area contributed by atoms with E-state index in [2.05, 4.69) is 0 Å². The average Bonchev–Trinajstić information content (AvgIpc) is 3.01. The number of Topliss-reactive ketones (excluding diaryl/α,β-unsaturated/α-hetero) is 1. The van der Waals surface area contributed by atoms with Crippen molar-refractivity contribution in [3.05, 3.63) is 23.8 Å². The molecule has 1 unspecified atom stereocenters. The lowest BCUT2D eigenvalue weighted by Gasteiger charge is -2.60. The number of fused-ring (bicyclic) bond motifs is 5. The molecule has 0 aliphatic heterocycles. The van der Waals surface area contributed by atoms with Crippen LogP contribution < -0.4 is 0 Å². The van der Waals surface area contributed by atoms with Crippen molar-refractivity contribution in [2.45, 2.75) is 77.2 Å². The highest BCUT2D eigenvalue weighted by atomic mass is 19.1. The molecular weight excluding hydrogens is 415 g/mol. The lowest BCUT2D eigenvalue weighted by molar-refractivity contribution is -0.201. The van der Waals surface area contributed by atoms with Crippen LogP contribution >= 0.6 is 0 Å². The summed E-state index contributed by atoms with van der Waals surface area (Å²) in [5.41, 5.74) is -2.81. The van der Waals surface area contributed by atoms with Crippen LogP contribution in [0.25, 0.3) is 0 Å². The molecule has 0 aromatic heterocycles. The van der Waals surface area contributed by atoms with Crippen LogP contribution in [0.2, 0.25) is 0 Å². The maximum absolute atomic E-state index is 15.4. The van der Waals surface area contributed by atoms with Gasteiger partial charge in [-0.2, -0.15) is 0 Å². The quantitative estimate of drug-likeness (QED) is 0.628. The van der Waals surface area contributed by atoms with Gasteiger partial charge in [0.1, 0.15) is 12.8 Å². The van der Waals surface area contributed by atoms with Gasteiger partial charge in [0.05, 0.1) is 6.10 Å². The predicted octanol–water partition coefficient (Wildman–Crippen LogP) is 2.86. The highest BCUT2D eigenvalue weighted by Gasteiger charge is 2.70. The molecule has 3 fully saturated rings. The minimum absolute atomic E-state index is 0.150. The molecule has 32 heavy (non-hydrogen) atoms. The van der Waals surface area contributed by atoms with Gasteiger partial charge in [0.25, 0.3) is 0 Å². The van der Waals surface area contributed by atoms with Crippen molar-refractivity contribution in [3.63, 3.8) is 0 Å². The maximum atomic E-state index is 15.4. The van der Waals surface area contributed by atoms with Crippen molar-refractivity contribution in [1.29, 1.82) is 0 Å². The molecule has 0 aromatic rings. The number of alkyl halides is 1. The van der Waals surface area contributed by atoms with E-state index in [1.807, 2.05) is 20.8 Å². The number of hydrogen-bond donors (Lipinski definition) is 2. The molecule has 0 spiro atoms. The molecule has 0 radical (unpaired) electrons. The molecule has 176 valence electrons. The first-order chi connectivity index (χ1) is 15.0. The minimum Gasteiger partial charge on any atom is -0.450 e. The van der Waals surface area contributed by atoms with E-state index in [0.29, 0.717) is 18.4 Å². The number of carbonyl (C=O) groups is 3. The number of hydrogen-bond acceptors (Lipinski definition) is 6. The second-order valence-electron chi connectivity index (χ2n) is 10.5. The fraction of sp³-hybridized carbons (Fsp3) is 0.720. The van der Waals surface area contributed by atoms with Gasteiger partial charge in [-0.1, -0.05) is 26.8 Å². The molecule has 0 amide bonds. The Hall–Kier alpha value is -1.86. The Morgan fingerprint density at radius 3 is 2.69 bits per heavy atom. The van der Waals surface area contributed by atoms with E-state index in [1.54, 1.807) is 6.08 Å². The van der Waals surface area contributed by atoms with Crippen molar-refractivity contribution >= 4 is 17.5 Å². The number of ether oxygens (including phenoxy) is 1. The normalized spacial score (nSPS) is 44.9. The molecule has 6 nitrogen and oxygen atoms in total. The largest absolute Gasteiger partial charge is 0.450 e. The summed E-state index contributed by atoms with van der Waals surface area (Å²) in [7, 11) is 0. The third-order valence-corrected chi connectivity index (χ3v) is 8.93. The van der Waals surface area contributed by atoms with Crippen LogP contribution in [0, 0.1) is 28.6 Å². The Bertz CT molecular complexity index is 895. The summed E-state index contributed by atoms with van der Waals surface area (Å²) in [6.45, 7) is 4.80. The number of esters is 1. The Labute approximate surface area is 187 Å². The van der Waals surface area contributed by atoms with E-state index >= 15 is 4.39 Å².